The monoisotopic (exact) mass is 248 g/mol. The molecule has 0 bridgehead atoms. The standard InChI is InChI=1S/C6H4ClF3O3S/c7-14(11,12)3-4-1-2-5(13-4)6(8,9)10/h1-2H,3H2. The van der Waals surface area contributed by atoms with Crippen LogP contribution in [-0.4, -0.2) is 8.42 Å². The van der Waals surface area contributed by atoms with Gasteiger partial charge < -0.3 is 4.42 Å². The number of halogens is 4. The Morgan fingerprint density at radius 3 is 2.29 bits per heavy atom. The third-order valence-electron chi connectivity index (χ3n) is 1.26. The molecule has 0 unspecified atom stereocenters. The summed E-state index contributed by atoms with van der Waals surface area (Å²) in [6, 6.07) is 1.57. The third-order valence-corrected chi connectivity index (χ3v) is 2.21. The molecule has 80 valence electrons. The predicted molar refractivity (Wildman–Crippen MR) is 42.2 cm³/mol. The summed E-state index contributed by atoms with van der Waals surface area (Å²) in [5.41, 5.74) is 0. The molecule has 0 amide bonds. The summed E-state index contributed by atoms with van der Waals surface area (Å²) in [5, 5.41) is 0. The molecule has 0 aliphatic rings. The molecule has 0 fully saturated rings. The Balaban J connectivity index is 2.90. The molecule has 0 aliphatic heterocycles. The lowest BCUT2D eigenvalue weighted by molar-refractivity contribution is -0.153. The normalized spacial score (nSPS) is 13.1. The number of furan rings is 1. The zero-order chi connectivity index (χ0) is 11.0. The van der Waals surface area contributed by atoms with Crippen LogP contribution in [-0.2, 0) is 21.0 Å². The van der Waals surface area contributed by atoms with Crippen molar-refractivity contribution < 1.29 is 26.0 Å². The highest BCUT2D eigenvalue weighted by Crippen LogP contribution is 2.31. The van der Waals surface area contributed by atoms with Gasteiger partial charge in [-0.05, 0) is 12.1 Å². The molecular formula is C6H4ClF3O3S. The van der Waals surface area contributed by atoms with Gasteiger partial charge in [-0.1, -0.05) is 0 Å². The quantitative estimate of drug-likeness (QED) is 0.755. The van der Waals surface area contributed by atoms with Gasteiger partial charge in [0.2, 0.25) is 14.8 Å². The zero-order valence-electron chi connectivity index (χ0n) is 6.51. The first kappa shape index (κ1) is 11.4. The van der Waals surface area contributed by atoms with Gasteiger partial charge in [0.1, 0.15) is 11.5 Å². The molecule has 0 saturated carbocycles. The SMILES string of the molecule is O=S(=O)(Cl)Cc1ccc(C(F)(F)F)o1. The maximum absolute atomic E-state index is 12.0. The largest absolute Gasteiger partial charge is 0.455 e. The first-order valence-corrected chi connectivity index (χ1v) is 5.74. The van der Waals surface area contributed by atoms with E-state index in [0.29, 0.717) is 6.07 Å². The first-order chi connectivity index (χ1) is 6.18. The van der Waals surface area contributed by atoms with Gasteiger partial charge in [0, 0.05) is 10.7 Å². The topological polar surface area (TPSA) is 47.3 Å². The maximum atomic E-state index is 12.0. The van der Waals surface area contributed by atoms with Crippen LogP contribution in [0.3, 0.4) is 0 Å². The van der Waals surface area contributed by atoms with Crippen molar-refractivity contribution in [3.63, 3.8) is 0 Å². The third kappa shape index (κ3) is 3.22. The van der Waals surface area contributed by atoms with Gasteiger partial charge in [0.15, 0.2) is 0 Å². The molecule has 0 radical (unpaired) electrons. The zero-order valence-corrected chi connectivity index (χ0v) is 8.08. The molecule has 0 aliphatic carbocycles. The fourth-order valence-corrected chi connectivity index (χ4v) is 1.60. The Morgan fingerprint density at radius 2 is 1.93 bits per heavy atom. The summed E-state index contributed by atoms with van der Waals surface area (Å²) in [6.45, 7) is 0. The summed E-state index contributed by atoms with van der Waals surface area (Å²) in [7, 11) is 0.924. The Morgan fingerprint density at radius 1 is 1.36 bits per heavy atom. The van der Waals surface area contributed by atoms with Crippen LogP contribution in [0.15, 0.2) is 16.5 Å². The fraction of sp³-hybridized carbons (Fsp3) is 0.333. The van der Waals surface area contributed by atoms with Gasteiger partial charge in [0.25, 0.3) is 0 Å². The Hall–Kier alpha value is -0.690. The second-order valence-corrected chi connectivity index (χ2v) is 5.22. The van der Waals surface area contributed by atoms with Crippen molar-refractivity contribution in [3.05, 3.63) is 23.7 Å². The lowest BCUT2D eigenvalue weighted by Gasteiger charge is -2.00. The lowest BCUT2D eigenvalue weighted by atomic mass is 10.4. The molecule has 0 N–H and O–H groups in total. The van der Waals surface area contributed by atoms with E-state index in [0.717, 1.165) is 6.07 Å². The smallest absolute Gasteiger partial charge is 0.449 e. The number of hydrogen-bond acceptors (Lipinski definition) is 3. The van der Waals surface area contributed by atoms with Crippen LogP contribution in [0.25, 0.3) is 0 Å². The van der Waals surface area contributed by atoms with Crippen LogP contribution >= 0.6 is 10.7 Å². The summed E-state index contributed by atoms with van der Waals surface area (Å²) in [6.07, 6.45) is -4.62. The van der Waals surface area contributed by atoms with Gasteiger partial charge in [-0.3, -0.25) is 0 Å². The molecule has 0 aromatic carbocycles. The van der Waals surface area contributed by atoms with Crippen molar-refractivity contribution in [2.75, 3.05) is 0 Å². The van der Waals surface area contributed by atoms with E-state index in [1.54, 1.807) is 0 Å². The molecule has 1 aromatic rings. The predicted octanol–water partition coefficient (Wildman–Crippen LogP) is 2.37. The van der Waals surface area contributed by atoms with Crippen molar-refractivity contribution in [2.24, 2.45) is 0 Å². The Labute approximate surface area is 81.9 Å². The van der Waals surface area contributed by atoms with Gasteiger partial charge in [0.05, 0.1) is 0 Å². The average Bonchev–Trinajstić information content (AvgIpc) is 2.29. The van der Waals surface area contributed by atoms with E-state index in [9.17, 15) is 21.6 Å². The van der Waals surface area contributed by atoms with E-state index in [1.807, 2.05) is 0 Å². The van der Waals surface area contributed by atoms with Crippen LogP contribution in [0.1, 0.15) is 11.5 Å². The van der Waals surface area contributed by atoms with Crippen LogP contribution in [0.2, 0.25) is 0 Å². The van der Waals surface area contributed by atoms with Crippen LogP contribution in [0.5, 0.6) is 0 Å². The highest BCUT2D eigenvalue weighted by atomic mass is 35.7. The van der Waals surface area contributed by atoms with E-state index in [2.05, 4.69) is 4.42 Å². The summed E-state index contributed by atoms with van der Waals surface area (Å²) in [5.74, 6) is -2.34. The first-order valence-electron chi connectivity index (χ1n) is 3.27. The summed E-state index contributed by atoms with van der Waals surface area (Å²) >= 11 is 0. The van der Waals surface area contributed by atoms with E-state index in [4.69, 9.17) is 10.7 Å². The molecule has 0 saturated heterocycles. The van der Waals surface area contributed by atoms with Crippen molar-refractivity contribution in [1.29, 1.82) is 0 Å². The molecule has 0 atom stereocenters. The fourth-order valence-electron chi connectivity index (χ4n) is 0.778. The molecule has 8 heteroatoms. The van der Waals surface area contributed by atoms with E-state index in [-0.39, 0.29) is 5.76 Å². The van der Waals surface area contributed by atoms with Gasteiger partial charge >= 0.3 is 6.18 Å². The number of alkyl halides is 3. The second-order valence-electron chi connectivity index (χ2n) is 2.45. The van der Waals surface area contributed by atoms with Crippen LogP contribution < -0.4 is 0 Å². The minimum atomic E-state index is -4.62. The van der Waals surface area contributed by atoms with Crippen molar-refractivity contribution in [2.45, 2.75) is 11.9 Å². The molecule has 0 spiro atoms. The molecule has 1 aromatic heterocycles. The second kappa shape index (κ2) is 3.47. The van der Waals surface area contributed by atoms with E-state index >= 15 is 0 Å². The molecular weight excluding hydrogens is 245 g/mol. The highest BCUT2D eigenvalue weighted by Gasteiger charge is 2.35. The number of rotatable bonds is 2. The van der Waals surface area contributed by atoms with Gasteiger partial charge in [-0.25, -0.2) is 8.42 Å². The minimum Gasteiger partial charge on any atom is -0.455 e. The number of hydrogen-bond donors (Lipinski definition) is 0. The molecule has 1 rings (SSSR count). The molecule has 3 nitrogen and oxygen atoms in total. The van der Waals surface area contributed by atoms with Crippen molar-refractivity contribution >= 4 is 19.7 Å². The van der Waals surface area contributed by atoms with Crippen LogP contribution in [0, 0.1) is 0 Å². The van der Waals surface area contributed by atoms with E-state index < -0.39 is 26.7 Å². The van der Waals surface area contributed by atoms with Gasteiger partial charge in [-0.2, -0.15) is 13.2 Å². The average molecular weight is 249 g/mol. The highest BCUT2D eigenvalue weighted by molar-refractivity contribution is 8.13. The summed E-state index contributed by atoms with van der Waals surface area (Å²) < 4.78 is 61.1. The van der Waals surface area contributed by atoms with E-state index in [1.165, 1.54) is 0 Å². The van der Waals surface area contributed by atoms with Crippen LogP contribution in [0.4, 0.5) is 13.2 Å². The van der Waals surface area contributed by atoms with Gasteiger partial charge in [-0.15, -0.1) is 0 Å². The molecule has 14 heavy (non-hydrogen) atoms. The minimum absolute atomic E-state index is 0.340. The van der Waals surface area contributed by atoms with Crippen molar-refractivity contribution in [3.8, 4) is 0 Å². The Kier molecular flexibility index (Phi) is 2.82. The summed E-state index contributed by atoms with van der Waals surface area (Å²) in [4.78, 5) is 0. The van der Waals surface area contributed by atoms with Crippen molar-refractivity contribution in [1.82, 2.24) is 0 Å². The lowest BCUT2D eigenvalue weighted by Crippen LogP contribution is -2.02. The Bertz CT molecular complexity index is 420. The molecule has 1 heterocycles. The maximum Gasteiger partial charge on any atom is 0.449 e.